The molecule has 0 heterocycles. The van der Waals surface area contributed by atoms with Gasteiger partial charge in [-0.3, -0.25) is 14.4 Å². The Morgan fingerprint density at radius 2 is 1.72 bits per heavy atom. The van der Waals surface area contributed by atoms with Gasteiger partial charge in [0.05, 0.1) is 5.56 Å². The molecule has 3 atom stereocenters. The molecule has 0 aromatic heterocycles. The molecule has 0 spiro atoms. The summed E-state index contributed by atoms with van der Waals surface area (Å²) in [7, 11) is 0. The van der Waals surface area contributed by atoms with Crippen LogP contribution in [-0.2, 0) is 20.8 Å². The van der Waals surface area contributed by atoms with E-state index in [1.807, 2.05) is 24.3 Å². The molecule has 1 amide bonds. The molecule has 2 aromatic carbocycles. The summed E-state index contributed by atoms with van der Waals surface area (Å²) >= 11 is 0. The number of fused-ring (bicyclic) bond motifs is 3. The average Bonchev–Trinajstić information content (AvgIpc) is 2.85. The molecule has 7 N–H and O–H groups in total. The number of benzene rings is 2. The van der Waals surface area contributed by atoms with Crippen molar-refractivity contribution in [1.29, 1.82) is 0 Å². The predicted molar refractivity (Wildman–Crippen MR) is 145 cm³/mol. The first kappa shape index (κ1) is 26.5. The van der Waals surface area contributed by atoms with Gasteiger partial charge in [-0.05, 0) is 59.1 Å². The number of hydrogen-bond donors (Lipinski definition) is 6. The zero-order valence-corrected chi connectivity index (χ0v) is 22.0. The number of hydrogen-bond acceptors (Lipinski definition) is 8. The number of phenolic OH excluding ortho intramolecular Hbond substituents is 1. The number of aliphatic hydroxyl groups is 3. The third-order valence-corrected chi connectivity index (χ3v) is 7.97. The average molecular weight is 533 g/mol. The van der Waals surface area contributed by atoms with Crippen LogP contribution in [0.25, 0.3) is 16.9 Å². The Labute approximate surface area is 225 Å². The number of nitrogens with two attached hydrogens (primary N) is 1. The van der Waals surface area contributed by atoms with Crippen molar-refractivity contribution >= 4 is 28.9 Å². The van der Waals surface area contributed by atoms with Crippen LogP contribution in [0.5, 0.6) is 5.75 Å². The van der Waals surface area contributed by atoms with Crippen molar-refractivity contribution in [3.05, 3.63) is 64.4 Å². The minimum atomic E-state index is -2.57. The van der Waals surface area contributed by atoms with E-state index < -0.39 is 52.0 Å². The largest absolute Gasteiger partial charge is 0.508 e. The van der Waals surface area contributed by atoms with Crippen LogP contribution >= 0.6 is 0 Å². The van der Waals surface area contributed by atoms with Crippen molar-refractivity contribution < 1.29 is 34.8 Å². The molecular weight excluding hydrogens is 500 g/mol. The normalized spacial score (nSPS) is 24.7. The van der Waals surface area contributed by atoms with Gasteiger partial charge in [-0.1, -0.05) is 39.0 Å². The number of amides is 1. The van der Waals surface area contributed by atoms with Gasteiger partial charge in [-0.2, -0.15) is 0 Å². The molecule has 3 unspecified atom stereocenters. The Hall–Kier alpha value is -4.11. The Kier molecular flexibility index (Phi) is 6.10. The Morgan fingerprint density at radius 3 is 2.33 bits per heavy atom. The number of carbonyl (C=O) groups is 3. The number of aromatic hydroxyl groups is 1. The molecule has 3 aliphatic carbocycles. The number of carbonyl (C=O) groups excluding carboxylic acids is 3. The van der Waals surface area contributed by atoms with Gasteiger partial charge in [0, 0.05) is 30.1 Å². The number of aliphatic hydroxyl groups excluding tert-OH is 2. The molecule has 2 aromatic rings. The molecule has 39 heavy (non-hydrogen) atoms. The highest BCUT2D eigenvalue weighted by molar-refractivity contribution is 6.22. The zero-order valence-electron chi connectivity index (χ0n) is 22.0. The van der Waals surface area contributed by atoms with Gasteiger partial charge in [0.15, 0.2) is 11.4 Å². The number of Topliss-reactive ketones (excluding diaryl/α,β-unsaturated/α-hetero) is 2. The van der Waals surface area contributed by atoms with E-state index in [0.717, 1.165) is 23.4 Å². The molecule has 204 valence electrons. The topological polar surface area (TPSA) is 170 Å². The van der Waals surface area contributed by atoms with Crippen molar-refractivity contribution in [2.24, 2.45) is 23.0 Å². The summed E-state index contributed by atoms with van der Waals surface area (Å²) in [6, 6.07) is 11.0. The SMILES string of the molecule is CC(C)(C)CNc1ccc(-c2ccc(O)c3c2CC2CC4CC(=O)C(C(N)=O)=C(O)C4(O)C(=O)C2=C3O)cc1. The highest BCUT2D eigenvalue weighted by Crippen LogP contribution is 2.53. The van der Waals surface area contributed by atoms with E-state index in [2.05, 4.69) is 26.1 Å². The maximum Gasteiger partial charge on any atom is 0.255 e. The van der Waals surface area contributed by atoms with E-state index in [4.69, 9.17) is 5.73 Å². The van der Waals surface area contributed by atoms with Gasteiger partial charge in [-0.15, -0.1) is 0 Å². The molecule has 0 saturated heterocycles. The van der Waals surface area contributed by atoms with E-state index in [9.17, 15) is 34.8 Å². The molecule has 5 rings (SSSR count). The number of primary amides is 1. The van der Waals surface area contributed by atoms with Gasteiger partial charge < -0.3 is 31.5 Å². The van der Waals surface area contributed by atoms with Crippen LogP contribution in [0.2, 0.25) is 0 Å². The Bertz CT molecular complexity index is 1480. The molecule has 0 aliphatic heterocycles. The predicted octanol–water partition coefficient (Wildman–Crippen LogP) is 3.55. The lowest BCUT2D eigenvalue weighted by Gasteiger charge is -2.46. The standard InChI is InChI=1S/C30H32N2O7/c1-29(2,3)13-32-17-6-4-14(5-7-17)18-8-9-20(33)23-19(18)11-15-10-16-12-21(34)24(28(31)38)27(37)30(16,39)26(36)22(15)25(23)35/h4-9,15-16,32-33,35,37,39H,10-13H2,1-3H3,(H2,31,38). The molecule has 1 fully saturated rings. The van der Waals surface area contributed by atoms with Crippen LogP contribution in [0.15, 0.2) is 53.3 Å². The van der Waals surface area contributed by atoms with Crippen LogP contribution in [0.3, 0.4) is 0 Å². The molecule has 0 bridgehead atoms. The summed E-state index contributed by atoms with van der Waals surface area (Å²) in [5.74, 6) is -6.39. The third-order valence-electron chi connectivity index (χ3n) is 7.97. The zero-order chi connectivity index (χ0) is 28.4. The molecule has 9 nitrogen and oxygen atoms in total. The van der Waals surface area contributed by atoms with Crippen molar-refractivity contribution in [3.63, 3.8) is 0 Å². The van der Waals surface area contributed by atoms with Gasteiger partial charge in [0.1, 0.15) is 22.8 Å². The monoisotopic (exact) mass is 532 g/mol. The summed E-state index contributed by atoms with van der Waals surface area (Å²) in [4.78, 5) is 38.0. The van der Waals surface area contributed by atoms with Crippen molar-refractivity contribution in [3.8, 4) is 16.9 Å². The van der Waals surface area contributed by atoms with Crippen molar-refractivity contribution in [2.75, 3.05) is 11.9 Å². The molecular formula is C30H32N2O7. The number of ketones is 2. The fraction of sp³-hybridized carbons (Fsp3) is 0.367. The molecule has 9 heteroatoms. The molecule has 3 aliphatic rings. The lowest BCUT2D eigenvalue weighted by Crippen LogP contribution is -2.58. The Morgan fingerprint density at radius 1 is 1.05 bits per heavy atom. The molecule has 0 radical (unpaired) electrons. The summed E-state index contributed by atoms with van der Waals surface area (Å²) in [5, 5.41) is 47.5. The lowest BCUT2D eigenvalue weighted by molar-refractivity contribution is -0.147. The van der Waals surface area contributed by atoms with E-state index in [-0.39, 0.29) is 41.6 Å². The summed E-state index contributed by atoms with van der Waals surface area (Å²) < 4.78 is 0. The fourth-order valence-corrected chi connectivity index (χ4v) is 6.03. The molecule has 1 saturated carbocycles. The van der Waals surface area contributed by atoms with Crippen LogP contribution in [0, 0.1) is 17.3 Å². The van der Waals surface area contributed by atoms with E-state index in [1.165, 1.54) is 6.07 Å². The maximum absolute atomic E-state index is 13.6. The lowest BCUT2D eigenvalue weighted by atomic mass is 9.59. The van der Waals surface area contributed by atoms with Gasteiger partial charge >= 0.3 is 0 Å². The first-order chi connectivity index (χ1) is 18.2. The van der Waals surface area contributed by atoms with Crippen LogP contribution < -0.4 is 11.1 Å². The van der Waals surface area contributed by atoms with E-state index in [1.54, 1.807) is 6.07 Å². The van der Waals surface area contributed by atoms with Crippen LogP contribution in [0.1, 0.15) is 44.7 Å². The third kappa shape index (κ3) is 4.17. The van der Waals surface area contributed by atoms with E-state index >= 15 is 0 Å². The fourth-order valence-electron chi connectivity index (χ4n) is 6.03. The first-order valence-corrected chi connectivity index (χ1v) is 12.9. The minimum absolute atomic E-state index is 0.0783. The second-order valence-corrected chi connectivity index (χ2v) is 11.9. The van der Waals surface area contributed by atoms with Crippen molar-refractivity contribution in [1.82, 2.24) is 0 Å². The summed E-state index contributed by atoms with van der Waals surface area (Å²) in [5.41, 5.74) is 5.10. The smallest absolute Gasteiger partial charge is 0.255 e. The number of anilines is 1. The maximum atomic E-state index is 13.6. The van der Waals surface area contributed by atoms with Gasteiger partial charge in [-0.25, -0.2) is 0 Å². The highest BCUT2D eigenvalue weighted by Gasteiger charge is 2.60. The second kappa shape index (κ2) is 8.98. The van der Waals surface area contributed by atoms with Gasteiger partial charge in [0.2, 0.25) is 5.78 Å². The van der Waals surface area contributed by atoms with Crippen LogP contribution in [0.4, 0.5) is 5.69 Å². The van der Waals surface area contributed by atoms with Crippen LogP contribution in [-0.4, -0.2) is 50.0 Å². The summed E-state index contributed by atoms with van der Waals surface area (Å²) in [6.07, 6.45) is -0.00623. The number of nitrogens with one attached hydrogen (secondary N) is 1. The number of phenols is 1. The van der Waals surface area contributed by atoms with E-state index in [0.29, 0.717) is 5.56 Å². The van der Waals surface area contributed by atoms with Gasteiger partial charge in [0.25, 0.3) is 5.91 Å². The summed E-state index contributed by atoms with van der Waals surface area (Å²) in [6.45, 7) is 7.21. The second-order valence-electron chi connectivity index (χ2n) is 11.9. The minimum Gasteiger partial charge on any atom is -0.508 e. The van der Waals surface area contributed by atoms with Crippen molar-refractivity contribution in [2.45, 2.75) is 45.6 Å². The highest BCUT2D eigenvalue weighted by atomic mass is 16.3. The first-order valence-electron chi connectivity index (χ1n) is 12.9. The number of rotatable bonds is 4. The quantitative estimate of drug-likeness (QED) is 0.325. The Balaban J connectivity index is 1.58.